The molecule has 0 radical (unpaired) electrons. The molecule has 1 aromatic carbocycles. The second-order valence-electron chi connectivity index (χ2n) is 3.52. The molecule has 0 amide bonds. The van der Waals surface area contributed by atoms with E-state index in [1.54, 1.807) is 12.1 Å². The first-order valence-corrected chi connectivity index (χ1v) is 5.21. The Labute approximate surface area is 99.0 Å². The van der Waals surface area contributed by atoms with Crippen molar-refractivity contribution >= 4 is 5.97 Å². The fourth-order valence-electron chi connectivity index (χ4n) is 1.55. The van der Waals surface area contributed by atoms with E-state index in [1.807, 2.05) is 0 Å². The van der Waals surface area contributed by atoms with Gasteiger partial charge in [0.25, 0.3) is 0 Å². The first kappa shape index (κ1) is 13.3. The summed E-state index contributed by atoms with van der Waals surface area (Å²) in [5.74, 6) is -0.990. The van der Waals surface area contributed by atoms with Gasteiger partial charge in [-0.25, -0.2) is 4.39 Å². The normalized spacial score (nSPS) is 10.1. The van der Waals surface area contributed by atoms with E-state index in [-0.39, 0.29) is 12.2 Å². The monoisotopic (exact) mass is 242 g/mol. The summed E-state index contributed by atoms with van der Waals surface area (Å²) >= 11 is 0. The number of carboxylic acid groups (broad SMARTS) is 1. The SMILES string of the molecule is COc1ccc(CCCC(=O)O)c(F)c1OC. The smallest absolute Gasteiger partial charge is 0.303 e. The van der Waals surface area contributed by atoms with Crippen molar-refractivity contribution in [3.63, 3.8) is 0 Å². The Kier molecular flexibility index (Phi) is 4.75. The number of carbonyl (C=O) groups is 1. The lowest BCUT2D eigenvalue weighted by atomic mass is 10.1. The molecular formula is C12H15FO4. The van der Waals surface area contributed by atoms with Gasteiger partial charge in [-0.2, -0.15) is 0 Å². The van der Waals surface area contributed by atoms with Crippen molar-refractivity contribution < 1.29 is 23.8 Å². The molecule has 0 heterocycles. The number of aliphatic carboxylic acids is 1. The maximum absolute atomic E-state index is 13.9. The first-order chi connectivity index (χ1) is 8.10. The zero-order valence-electron chi connectivity index (χ0n) is 9.83. The lowest BCUT2D eigenvalue weighted by Gasteiger charge is -2.11. The van der Waals surface area contributed by atoms with Crippen molar-refractivity contribution in [2.75, 3.05) is 14.2 Å². The third-order valence-corrected chi connectivity index (χ3v) is 2.40. The molecule has 0 spiro atoms. The van der Waals surface area contributed by atoms with Crippen LogP contribution >= 0.6 is 0 Å². The van der Waals surface area contributed by atoms with Gasteiger partial charge in [0.2, 0.25) is 0 Å². The highest BCUT2D eigenvalue weighted by atomic mass is 19.1. The van der Waals surface area contributed by atoms with Gasteiger partial charge in [0, 0.05) is 6.42 Å². The van der Waals surface area contributed by atoms with Crippen molar-refractivity contribution in [2.24, 2.45) is 0 Å². The van der Waals surface area contributed by atoms with Crippen LogP contribution in [0.3, 0.4) is 0 Å². The Morgan fingerprint density at radius 1 is 1.35 bits per heavy atom. The predicted octanol–water partition coefficient (Wildman–Crippen LogP) is 2.25. The van der Waals surface area contributed by atoms with Crippen molar-refractivity contribution in [3.05, 3.63) is 23.5 Å². The standard InChI is InChI=1S/C12H15FO4/c1-16-9-7-6-8(4-3-5-10(14)15)11(13)12(9)17-2/h6-7H,3-5H2,1-2H3,(H,14,15). The molecule has 0 aliphatic carbocycles. The quantitative estimate of drug-likeness (QED) is 0.831. The van der Waals surface area contributed by atoms with Gasteiger partial charge in [-0.05, 0) is 24.5 Å². The van der Waals surface area contributed by atoms with Crippen molar-refractivity contribution in [1.82, 2.24) is 0 Å². The number of carboxylic acids is 1. The van der Waals surface area contributed by atoms with Crippen LogP contribution in [0, 0.1) is 5.82 Å². The molecule has 4 nitrogen and oxygen atoms in total. The molecule has 0 atom stereocenters. The lowest BCUT2D eigenvalue weighted by molar-refractivity contribution is -0.137. The van der Waals surface area contributed by atoms with E-state index >= 15 is 0 Å². The third-order valence-electron chi connectivity index (χ3n) is 2.40. The summed E-state index contributed by atoms with van der Waals surface area (Å²) in [4.78, 5) is 10.4. The van der Waals surface area contributed by atoms with Gasteiger partial charge >= 0.3 is 5.97 Å². The number of methoxy groups -OCH3 is 2. The van der Waals surface area contributed by atoms with Gasteiger partial charge in [0.15, 0.2) is 17.3 Å². The largest absolute Gasteiger partial charge is 0.493 e. The van der Waals surface area contributed by atoms with E-state index in [0.29, 0.717) is 24.2 Å². The van der Waals surface area contributed by atoms with Gasteiger partial charge in [-0.3, -0.25) is 4.79 Å². The number of halogens is 1. The lowest BCUT2D eigenvalue weighted by Crippen LogP contribution is -2.00. The third kappa shape index (κ3) is 3.34. The van der Waals surface area contributed by atoms with Crippen LogP contribution < -0.4 is 9.47 Å². The average molecular weight is 242 g/mol. The molecule has 0 aliphatic rings. The Bertz CT molecular complexity index is 404. The zero-order chi connectivity index (χ0) is 12.8. The maximum Gasteiger partial charge on any atom is 0.303 e. The molecule has 1 rings (SSSR count). The van der Waals surface area contributed by atoms with Crippen LogP contribution in [0.4, 0.5) is 4.39 Å². The fourth-order valence-corrected chi connectivity index (χ4v) is 1.55. The highest BCUT2D eigenvalue weighted by molar-refractivity contribution is 5.66. The molecule has 5 heteroatoms. The highest BCUT2D eigenvalue weighted by Crippen LogP contribution is 2.32. The second kappa shape index (κ2) is 6.08. The van der Waals surface area contributed by atoms with Crippen LogP contribution in [0.5, 0.6) is 11.5 Å². The van der Waals surface area contributed by atoms with E-state index in [4.69, 9.17) is 14.6 Å². The Hall–Kier alpha value is -1.78. The van der Waals surface area contributed by atoms with Crippen LogP contribution in [0.1, 0.15) is 18.4 Å². The summed E-state index contributed by atoms with van der Waals surface area (Å²) in [6, 6.07) is 3.19. The molecule has 0 saturated heterocycles. The molecule has 94 valence electrons. The summed E-state index contributed by atoms with van der Waals surface area (Å²) in [6.45, 7) is 0. The Balaban J connectivity index is 2.83. The number of ether oxygens (including phenoxy) is 2. The van der Waals surface area contributed by atoms with E-state index < -0.39 is 11.8 Å². The number of benzene rings is 1. The van der Waals surface area contributed by atoms with E-state index in [9.17, 15) is 9.18 Å². The molecule has 0 saturated carbocycles. The summed E-state index contributed by atoms with van der Waals surface area (Å²) < 4.78 is 23.8. The van der Waals surface area contributed by atoms with Crippen LogP contribution in [0.15, 0.2) is 12.1 Å². The predicted molar refractivity (Wildman–Crippen MR) is 60.1 cm³/mol. The fraction of sp³-hybridized carbons (Fsp3) is 0.417. The Morgan fingerprint density at radius 2 is 2.06 bits per heavy atom. The van der Waals surface area contributed by atoms with Crippen molar-refractivity contribution in [2.45, 2.75) is 19.3 Å². The van der Waals surface area contributed by atoms with Gasteiger partial charge in [0.05, 0.1) is 14.2 Å². The van der Waals surface area contributed by atoms with E-state index in [0.717, 1.165) is 0 Å². The summed E-state index contributed by atoms with van der Waals surface area (Å²) in [5, 5.41) is 8.51. The number of aryl methyl sites for hydroxylation is 1. The minimum atomic E-state index is -0.883. The highest BCUT2D eigenvalue weighted by Gasteiger charge is 2.14. The second-order valence-corrected chi connectivity index (χ2v) is 3.52. The molecule has 0 unspecified atom stereocenters. The molecule has 0 aliphatic heterocycles. The minimum Gasteiger partial charge on any atom is -0.493 e. The van der Waals surface area contributed by atoms with E-state index in [1.165, 1.54) is 14.2 Å². The topological polar surface area (TPSA) is 55.8 Å². The number of hydrogen-bond donors (Lipinski definition) is 1. The average Bonchev–Trinajstić information content (AvgIpc) is 2.30. The Morgan fingerprint density at radius 3 is 2.59 bits per heavy atom. The number of rotatable bonds is 6. The van der Waals surface area contributed by atoms with Crippen LogP contribution in [-0.4, -0.2) is 25.3 Å². The summed E-state index contributed by atoms with van der Waals surface area (Å²) in [5.41, 5.74) is 0.434. The summed E-state index contributed by atoms with van der Waals surface area (Å²) in [6.07, 6.45) is 0.772. The van der Waals surface area contributed by atoms with E-state index in [2.05, 4.69) is 0 Å². The maximum atomic E-state index is 13.9. The molecule has 1 aromatic rings. The molecular weight excluding hydrogens is 227 g/mol. The van der Waals surface area contributed by atoms with Gasteiger partial charge in [0.1, 0.15) is 0 Å². The molecule has 0 bridgehead atoms. The van der Waals surface area contributed by atoms with Gasteiger partial charge in [-0.1, -0.05) is 6.07 Å². The molecule has 0 fully saturated rings. The van der Waals surface area contributed by atoms with Crippen LogP contribution in [-0.2, 0) is 11.2 Å². The molecule has 1 N–H and O–H groups in total. The summed E-state index contributed by atoms with van der Waals surface area (Å²) in [7, 11) is 2.79. The zero-order valence-corrected chi connectivity index (χ0v) is 9.83. The first-order valence-electron chi connectivity index (χ1n) is 5.21. The van der Waals surface area contributed by atoms with Crippen LogP contribution in [0.2, 0.25) is 0 Å². The number of hydrogen-bond acceptors (Lipinski definition) is 3. The van der Waals surface area contributed by atoms with Crippen LogP contribution in [0.25, 0.3) is 0 Å². The van der Waals surface area contributed by atoms with Crippen molar-refractivity contribution in [3.8, 4) is 11.5 Å². The minimum absolute atomic E-state index is 0.0216. The molecule has 17 heavy (non-hydrogen) atoms. The van der Waals surface area contributed by atoms with Gasteiger partial charge < -0.3 is 14.6 Å². The van der Waals surface area contributed by atoms with Gasteiger partial charge in [-0.15, -0.1) is 0 Å². The molecule has 0 aromatic heterocycles. The van der Waals surface area contributed by atoms with Crippen molar-refractivity contribution in [1.29, 1.82) is 0 Å².